The minimum absolute atomic E-state index is 0.187. The van der Waals surface area contributed by atoms with Crippen LogP contribution in [-0.2, 0) is 0 Å². The van der Waals surface area contributed by atoms with Crippen LogP contribution in [0.3, 0.4) is 0 Å². The number of fused-ring (bicyclic) bond motifs is 1. The molecule has 9 heteroatoms. The molecule has 0 aliphatic carbocycles. The summed E-state index contributed by atoms with van der Waals surface area (Å²) in [4.78, 5) is 34.1. The van der Waals surface area contributed by atoms with Crippen molar-refractivity contribution in [3.8, 4) is 11.3 Å². The van der Waals surface area contributed by atoms with Crippen LogP contribution in [0.2, 0.25) is 0 Å². The number of ketones is 1. The third-order valence-corrected chi connectivity index (χ3v) is 5.09. The number of halogens is 1. The first-order chi connectivity index (χ1) is 16.5. The van der Waals surface area contributed by atoms with Crippen LogP contribution in [0.15, 0.2) is 85.3 Å². The number of urea groups is 1. The number of amides is 2. The van der Waals surface area contributed by atoms with E-state index < -0.39 is 11.8 Å². The quantitative estimate of drug-likeness (QED) is 0.324. The number of carbonyl (C=O) groups is 2. The van der Waals surface area contributed by atoms with Gasteiger partial charge in [-0.05, 0) is 60.7 Å². The highest BCUT2D eigenvalue weighted by molar-refractivity contribution is 6.10. The van der Waals surface area contributed by atoms with Crippen LogP contribution in [0.1, 0.15) is 15.9 Å². The molecule has 166 valence electrons. The second-order valence-corrected chi connectivity index (χ2v) is 7.44. The summed E-state index contributed by atoms with van der Waals surface area (Å²) in [5.74, 6) is -0.633. The lowest BCUT2D eigenvalue weighted by molar-refractivity contribution is 0.103. The van der Waals surface area contributed by atoms with Gasteiger partial charge < -0.3 is 10.6 Å². The number of H-pyrrole nitrogens is 1. The second kappa shape index (κ2) is 8.91. The fourth-order valence-electron chi connectivity index (χ4n) is 3.41. The highest BCUT2D eigenvalue weighted by Gasteiger charge is 2.12. The predicted octanol–water partition coefficient (Wildman–Crippen LogP) is 5.03. The molecule has 0 saturated carbocycles. The van der Waals surface area contributed by atoms with Gasteiger partial charge in [-0.3, -0.25) is 14.9 Å². The number of anilines is 2. The van der Waals surface area contributed by atoms with Crippen LogP contribution in [0.5, 0.6) is 0 Å². The van der Waals surface area contributed by atoms with Gasteiger partial charge in [0.2, 0.25) is 0 Å². The Bertz CT molecular complexity index is 1500. The van der Waals surface area contributed by atoms with Gasteiger partial charge in [0, 0.05) is 34.3 Å². The fraction of sp³-hybridized carbons (Fsp3) is 0. The van der Waals surface area contributed by atoms with Gasteiger partial charge in [0.1, 0.15) is 5.82 Å². The number of nitrogens with one attached hydrogen (secondary N) is 3. The smallest absolute Gasteiger partial charge is 0.308 e. The minimum atomic E-state index is -0.522. The Hall–Kier alpha value is -4.92. The van der Waals surface area contributed by atoms with E-state index in [2.05, 4.69) is 30.8 Å². The van der Waals surface area contributed by atoms with Crippen molar-refractivity contribution in [1.82, 2.24) is 20.2 Å². The molecule has 0 aliphatic rings. The summed E-state index contributed by atoms with van der Waals surface area (Å²) >= 11 is 0. The van der Waals surface area contributed by atoms with Gasteiger partial charge in [-0.15, -0.1) is 0 Å². The highest BCUT2D eigenvalue weighted by atomic mass is 19.1. The first-order valence-electron chi connectivity index (χ1n) is 10.3. The van der Waals surface area contributed by atoms with E-state index >= 15 is 0 Å². The van der Waals surface area contributed by atoms with Crippen molar-refractivity contribution < 1.29 is 14.0 Å². The number of hydrogen-bond donors (Lipinski definition) is 3. The van der Waals surface area contributed by atoms with E-state index in [9.17, 15) is 14.0 Å². The average molecular weight is 452 g/mol. The number of rotatable bonds is 5. The lowest BCUT2D eigenvalue weighted by Gasteiger charge is -2.09. The van der Waals surface area contributed by atoms with E-state index in [1.807, 2.05) is 0 Å². The molecule has 0 unspecified atom stereocenters. The van der Waals surface area contributed by atoms with Crippen LogP contribution < -0.4 is 10.6 Å². The van der Waals surface area contributed by atoms with Crippen molar-refractivity contribution in [3.63, 3.8) is 0 Å². The molecule has 2 aromatic heterocycles. The summed E-state index contributed by atoms with van der Waals surface area (Å²) in [6, 6.07) is 16.7. The molecule has 0 aliphatic heterocycles. The zero-order valence-corrected chi connectivity index (χ0v) is 17.6. The molecule has 0 atom stereocenters. The lowest BCUT2D eigenvalue weighted by atomic mass is 10.0. The van der Waals surface area contributed by atoms with Crippen molar-refractivity contribution in [3.05, 3.63) is 102 Å². The zero-order valence-electron chi connectivity index (χ0n) is 17.6. The minimum Gasteiger partial charge on any atom is -0.308 e. The van der Waals surface area contributed by atoms with E-state index in [1.165, 1.54) is 18.2 Å². The maximum absolute atomic E-state index is 13.3. The maximum atomic E-state index is 13.3. The Balaban J connectivity index is 1.31. The van der Waals surface area contributed by atoms with Gasteiger partial charge in [-0.25, -0.2) is 14.2 Å². The number of carbonyl (C=O) groups excluding carboxylic acids is 2. The summed E-state index contributed by atoms with van der Waals surface area (Å²) in [6.07, 6.45) is 5.03. The van der Waals surface area contributed by atoms with Gasteiger partial charge in [0.05, 0.1) is 29.1 Å². The van der Waals surface area contributed by atoms with Gasteiger partial charge in [-0.1, -0.05) is 6.07 Å². The first-order valence-corrected chi connectivity index (χ1v) is 10.3. The molecular weight excluding hydrogens is 435 g/mol. The van der Waals surface area contributed by atoms with Gasteiger partial charge in [0.15, 0.2) is 5.78 Å². The average Bonchev–Trinajstić information content (AvgIpc) is 3.38. The normalized spacial score (nSPS) is 10.7. The Morgan fingerprint density at radius 2 is 1.62 bits per heavy atom. The van der Waals surface area contributed by atoms with Gasteiger partial charge in [0.25, 0.3) is 0 Å². The van der Waals surface area contributed by atoms with Crippen molar-refractivity contribution in [2.45, 2.75) is 0 Å². The Morgan fingerprint density at radius 1 is 0.824 bits per heavy atom. The summed E-state index contributed by atoms with van der Waals surface area (Å²) in [6.45, 7) is 0. The van der Waals surface area contributed by atoms with Crippen molar-refractivity contribution in [1.29, 1.82) is 0 Å². The van der Waals surface area contributed by atoms with E-state index in [1.54, 1.807) is 67.1 Å². The monoisotopic (exact) mass is 452 g/mol. The molecule has 8 nitrogen and oxygen atoms in total. The molecule has 0 bridgehead atoms. The van der Waals surface area contributed by atoms with Crippen LogP contribution in [0.4, 0.5) is 20.6 Å². The third-order valence-electron chi connectivity index (χ3n) is 5.09. The van der Waals surface area contributed by atoms with Gasteiger partial charge >= 0.3 is 6.03 Å². The number of aromatic amines is 1. The molecule has 0 radical (unpaired) electrons. The van der Waals surface area contributed by atoms with Crippen molar-refractivity contribution >= 4 is 34.2 Å². The maximum Gasteiger partial charge on any atom is 0.323 e. The van der Waals surface area contributed by atoms with Crippen LogP contribution in [0, 0.1) is 5.82 Å². The molecule has 34 heavy (non-hydrogen) atoms. The Morgan fingerprint density at radius 3 is 2.38 bits per heavy atom. The summed E-state index contributed by atoms with van der Waals surface area (Å²) in [7, 11) is 0. The molecule has 2 heterocycles. The molecule has 3 aromatic carbocycles. The van der Waals surface area contributed by atoms with Crippen molar-refractivity contribution in [2.75, 3.05) is 10.6 Å². The van der Waals surface area contributed by atoms with Crippen LogP contribution in [0.25, 0.3) is 22.3 Å². The molecule has 0 spiro atoms. The molecule has 0 saturated heterocycles. The van der Waals surface area contributed by atoms with E-state index in [0.717, 1.165) is 5.56 Å². The topological polar surface area (TPSA) is 113 Å². The standard InChI is InChI=1S/C25H17FN6O2/c26-18-2-1-3-20(11-18)31-25(34)30-19-7-4-15(5-8-19)24(33)16-6-9-21-22(10-16)32-23(14-27-21)17-12-28-29-13-17/h1-14H,(H,28,29)(H2,30,31,34). The van der Waals surface area contributed by atoms with Crippen LogP contribution in [-0.4, -0.2) is 32.0 Å². The number of aromatic nitrogens is 4. The lowest BCUT2D eigenvalue weighted by Crippen LogP contribution is -2.19. The second-order valence-electron chi connectivity index (χ2n) is 7.44. The van der Waals surface area contributed by atoms with Gasteiger partial charge in [-0.2, -0.15) is 5.10 Å². The van der Waals surface area contributed by atoms with E-state index in [-0.39, 0.29) is 5.78 Å². The molecule has 5 aromatic rings. The highest BCUT2D eigenvalue weighted by Crippen LogP contribution is 2.21. The molecular formula is C25H17FN6O2. The Labute approximate surface area is 192 Å². The van der Waals surface area contributed by atoms with E-state index in [0.29, 0.717) is 39.2 Å². The number of nitrogens with zero attached hydrogens (tertiary/aromatic N) is 3. The number of benzene rings is 3. The molecule has 5 rings (SSSR count). The third kappa shape index (κ3) is 4.49. The first kappa shape index (κ1) is 21.0. The summed E-state index contributed by atoms with van der Waals surface area (Å²) in [5.41, 5.74) is 4.46. The number of hydrogen-bond acceptors (Lipinski definition) is 5. The van der Waals surface area contributed by atoms with E-state index in [4.69, 9.17) is 0 Å². The molecule has 2 amide bonds. The SMILES string of the molecule is O=C(Nc1ccc(C(=O)c2ccc3ncc(-c4cn[nH]c4)nc3c2)cc1)Nc1cccc(F)c1. The largest absolute Gasteiger partial charge is 0.323 e. The summed E-state index contributed by atoms with van der Waals surface area (Å²) < 4.78 is 13.3. The molecule has 0 fully saturated rings. The van der Waals surface area contributed by atoms with Crippen LogP contribution >= 0.6 is 0 Å². The zero-order chi connectivity index (χ0) is 23.5. The fourth-order valence-corrected chi connectivity index (χ4v) is 3.41. The molecule has 3 N–H and O–H groups in total. The predicted molar refractivity (Wildman–Crippen MR) is 126 cm³/mol. The Kier molecular flexibility index (Phi) is 5.49. The van der Waals surface area contributed by atoms with Crippen molar-refractivity contribution in [2.24, 2.45) is 0 Å². The summed E-state index contributed by atoms with van der Waals surface area (Å²) in [5, 5.41) is 11.9.